The number of hydrogen-bond donors (Lipinski definition) is 5. The third kappa shape index (κ3) is 3.87. The van der Waals surface area contributed by atoms with Gasteiger partial charge in [0.1, 0.15) is 24.4 Å². The molecule has 0 radical (unpaired) electrons. The fourth-order valence-corrected chi connectivity index (χ4v) is 2.37. The van der Waals surface area contributed by atoms with E-state index < -0.39 is 58.5 Å². The van der Waals surface area contributed by atoms with Gasteiger partial charge in [-0.3, -0.25) is 25.7 Å². The summed E-state index contributed by atoms with van der Waals surface area (Å²) in [5.41, 5.74) is 1.00. The first kappa shape index (κ1) is 19.9. The fourth-order valence-electron chi connectivity index (χ4n) is 2.37. The maximum atomic E-state index is 11.0. The molecule has 2 rings (SSSR count). The molecule has 13 heteroatoms. The summed E-state index contributed by atoms with van der Waals surface area (Å²) in [6.45, 7) is 0.646. The van der Waals surface area contributed by atoms with E-state index in [1.807, 2.05) is 0 Å². The van der Waals surface area contributed by atoms with Crippen molar-refractivity contribution in [1.82, 2.24) is 0 Å². The fraction of sp³-hybridized carbons (Fsp3) is 0.538. The van der Waals surface area contributed by atoms with Crippen LogP contribution in [0, 0.1) is 27.2 Å². The summed E-state index contributed by atoms with van der Waals surface area (Å²) in [6, 6.07) is 1.76. The Bertz CT molecular complexity index is 697. The zero-order valence-electron chi connectivity index (χ0n) is 13.4. The molecule has 0 aromatic heterocycles. The standard InChI is InChI=1S/C13H17N3O10/c1-5-7(2-6(15(21)22)3-8(5)16(23)24)14-26-13-12(20)11(19)10(18)9(4-17)25-13/h2-3,9-14,17-20H,4H2,1H3/t9-,10-,11+,12-,13?/m1/s1. The van der Waals surface area contributed by atoms with Gasteiger partial charge in [0, 0.05) is 6.07 Å². The molecule has 0 bridgehead atoms. The lowest BCUT2D eigenvalue weighted by atomic mass is 9.99. The number of benzene rings is 1. The first-order valence-electron chi connectivity index (χ1n) is 7.33. The second-order valence-electron chi connectivity index (χ2n) is 5.57. The van der Waals surface area contributed by atoms with Crippen molar-refractivity contribution in [3.8, 4) is 0 Å². The highest BCUT2D eigenvalue weighted by atomic mass is 16.8. The monoisotopic (exact) mass is 375 g/mol. The van der Waals surface area contributed by atoms with Gasteiger partial charge in [-0.25, -0.2) is 4.84 Å². The summed E-state index contributed by atoms with van der Waals surface area (Å²) in [7, 11) is 0. The largest absolute Gasteiger partial charge is 0.394 e. The Labute approximate surface area is 145 Å². The summed E-state index contributed by atoms with van der Waals surface area (Å²) in [6.07, 6.45) is -7.78. The number of aliphatic hydroxyl groups is 4. The molecule has 0 spiro atoms. The molecule has 1 aromatic carbocycles. The first-order chi connectivity index (χ1) is 12.2. The van der Waals surface area contributed by atoms with Crippen LogP contribution in [0.1, 0.15) is 5.56 Å². The van der Waals surface area contributed by atoms with Crippen molar-refractivity contribution in [2.24, 2.45) is 0 Å². The van der Waals surface area contributed by atoms with Crippen LogP contribution < -0.4 is 5.48 Å². The number of anilines is 1. The molecule has 5 N–H and O–H groups in total. The van der Waals surface area contributed by atoms with Gasteiger partial charge in [-0.2, -0.15) is 0 Å². The molecule has 13 nitrogen and oxygen atoms in total. The molecule has 0 saturated carbocycles. The van der Waals surface area contributed by atoms with Gasteiger partial charge in [0.2, 0.25) is 6.29 Å². The van der Waals surface area contributed by atoms with Gasteiger partial charge in [-0.05, 0) is 6.92 Å². The highest BCUT2D eigenvalue weighted by molar-refractivity contribution is 5.64. The number of nitrogens with zero attached hydrogens (tertiary/aromatic N) is 2. The van der Waals surface area contributed by atoms with E-state index >= 15 is 0 Å². The van der Waals surface area contributed by atoms with Gasteiger partial charge in [0.15, 0.2) is 0 Å². The molecule has 1 heterocycles. The zero-order chi connectivity index (χ0) is 19.6. The summed E-state index contributed by atoms with van der Waals surface area (Å²) in [4.78, 5) is 25.3. The van der Waals surface area contributed by atoms with E-state index in [-0.39, 0.29) is 11.3 Å². The lowest BCUT2D eigenvalue weighted by Crippen LogP contribution is -2.59. The highest BCUT2D eigenvalue weighted by Crippen LogP contribution is 2.32. The van der Waals surface area contributed by atoms with E-state index in [4.69, 9.17) is 14.7 Å². The van der Waals surface area contributed by atoms with E-state index in [2.05, 4.69) is 5.48 Å². The SMILES string of the molecule is Cc1c(NOC2O[C@H](CO)[C@@H](O)[C@H](O)[C@H]2O)cc([N+](=O)[O-])cc1[N+](=O)[O-]. The van der Waals surface area contributed by atoms with E-state index in [0.29, 0.717) is 0 Å². The van der Waals surface area contributed by atoms with E-state index in [1.165, 1.54) is 6.92 Å². The Kier molecular flexibility index (Phi) is 6.01. The van der Waals surface area contributed by atoms with Gasteiger partial charge in [0.05, 0.1) is 33.8 Å². The molecule has 26 heavy (non-hydrogen) atoms. The number of hydrogen-bond acceptors (Lipinski definition) is 11. The minimum Gasteiger partial charge on any atom is -0.394 e. The van der Waals surface area contributed by atoms with Crippen molar-refractivity contribution in [2.45, 2.75) is 37.6 Å². The second-order valence-corrected chi connectivity index (χ2v) is 5.57. The Balaban J connectivity index is 2.23. The lowest BCUT2D eigenvalue weighted by Gasteiger charge is -2.39. The van der Waals surface area contributed by atoms with Crippen LogP contribution in [0.5, 0.6) is 0 Å². The van der Waals surface area contributed by atoms with Crippen molar-refractivity contribution in [3.05, 3.63) is 37.9 Å². The third-order valence-corrected chi connectivity index (χ3v) is 3.91. The second kappa shape index (κ2) is 7.86. The number of rotatable bonds is 6. The molecule has 1 saturated heterocycles. The molecule has 0 aliphatic carbocycles. The summed E-state index contributed by atoms with van der Waals surface area (Å²) in [5.74, 6) is 0. The van der Waals surface area contributed by atoms with Crippen LogP contribution in [0.2, 0.25) is 0 Å². The van der Waals surface area contributed by atoms with Gasteiger partial charge in [-0.1, -0.05) is 0 Å². The van der Waals surface area contributed by atoms with Gasteiger partial charge < -0.3 is 25.2 Å². The normalized spacial score (nSPS) is 28.6. The van der Waals surface area contributed by atoms with E-state index in [1.54, 1.807) is 0 Å². The molecular weight excluding hydrogens is 358 g/mol. The topological polar surface area (TPSA) is 198 Å². The van der Waals surface area contributed by atoms with Gasteiger partial charge in [0.25, 0.3) is 11.4 Å². The lowest BCUT2D eigenvalue weighted by molar-refractivity contribution is -0.394. The summed E-state index contributed by atoms with van der Waals surface area (Å²) < 4.78 is 5.09. The molecule has 1 aromatic rings. The Hall–Kier alpha value is -2.42. The van der Waals surface area contributed by atoms with Crippen LogP contribution in [0.4, 0.5) is 17.1 Å². The Morgan fingerprint density at radius 2 is 1.81 bits per heavy atom. The maximum Gasteiger partial charge on any atom is 0.281 e. The average Bonchev–Trinajstić information content (AvgIpc) is 2.59. The van der Waals surface area contributed by atoms with Crippen LogP contribution in [-0.2, 0) is 9.57 Å². The number of nitro groups is 2. The average molecular weight is 375 g/mol. The smallest absolute Gasteiger partial charge is 0.281 e. The Morgan fingerprint density at radius 1 is 1.15 bits per heavy atom. The van der Waals surface area contributed by atoms with Crippen LogP contribution in [-0.4, -0.2) is 67.6 Å². The summed E-state index contributed by atoms with van der Waals surface area (Å²) in [5, 5.41) is 60.3. The molecule has 5 atom stereocenters. The third-order valence-electron chi connectivity index (χ3n) is 3.91. The minimum absolute atomic E-state index is 0.0187. The van der Waals surface area contributed by atoms with Gasteiger partial charge in [-0.15, -0.1) is 0 Å². The molecule has 1 aliphatic heterocycles. The van der Waals surface area contributed by atoms with Crippen LogP contribution in [0.15, 0.2) is 12.1 Å². The van der Waals surface area contributed by atoms with Crippen LogP contribution >= 0.6 is 0 Å². The molecule has 1 aliphatic rings. The number of non-ortho nitro benzene ring substituents is 1. The van der Waals surface area contributed by atoms with Crippen LogP contribution in [0.3, 0.4) is 0 Å². The maximum absolute atomic E-state index is 11.0. The van der Waals surface area contributed by atoms with Crippen molar-refractivity contribution in [3.63, 3.8) is 0 Å². The number of nitrogens with one attached hydrogen (secondary N) is 1. The van der Waals surface area contributed by atoms with Gasteiger partial charge >= 0.3 is 0 Å². The van der Waals surface area contributed by atoms with E-state index in [0.717, 1.165) is 12.1 Å². The van der Waals surface area contributed by atoms with Crippen molar-refractivity contribution in [1.29, 1.82) is 0 Å². The zero-order valence-corrected chi connectivity index (χ0v) is 13.4. The Morgan fingerprint density at radius 3 is 2.35 bits per heavy atom. The molecule has 1 unspecified atom stereocenters. The minimum atomic E-state index is -1.71. The first-order valence-corrected chi connectivity index (χ1v) is 7.33. The highest BCUT2D eigenvalue weighted by Gasteiger charge is 2.44. The van der Waals surface area contributed by atoms with Crippen molar-refractivity contribution in [2.75, 3.05) is 12.1 Å². The van der Waals surface area contributed by atoms with E-state index in [9.17, 15) is 35.5 Å². The summed E-state index contributed by atoms with van der Waals surface area (Å²) >= 11 is 0. The number of aliphatic hydroxyl groups excluding tert-OH is 4. The number of nitro benzene ring substituents is 2. The van der Waals surface area contributed by atoms with Crippen LogP contribution in [0.25, 0.3) is 0 Å². The van der Waals surface area contributed by atoms with Crippen molar-refractivity contribution < 1.29 is 39.8 Å². The molecule has 0 amide bonds. The molecule has 1 fully saturated rings. The molecule has 144 valence electrons. The quantitative estimate of drug-likeness (QED) is 0.300. The predicted octanol–water partition coefficient (Wildman–Crippen LogP) is -1.05. The number of ether oxygens (including phenoxy) is 1. The predicted molar refractivity (Wildman–Crippen MR) is 83.0 cm³/mol. The molecular formula is C13H17N3O10. The van der Waals surface area contributed by atoms with Crippen molar-refractivity contribution >= 4 is 17.1 Å².